The normalized spacial score (nSPS) is 16.4. The first-order valence-corrected chi connectivity index (χ1v) is 12.4. The van der Waals surface area contributed by atoms with Crippen LogP contribution in [-0.2, 0) is 15.9 Å². The first-order valence-electron chi connectivity index (χ1n) is 12.4. The van der Waals surface area contributed by atoms with Crippen molar-refractivity contribution in [1.29, 1.82) is 0 Å². The van der Waals surface area contributed by atoms with E-state index in [0.29, 0.717) is 53.0 Å². The molecule has 38 heavy (non-hydrogen) atoms. The molecule has 3 aliphatic rings. The van der Waals surface area contributed by atoms with Crippen LogP contribution in [0.1, 0.15) is 33.3 Å². The van der Waals surface area contributed by atoms with Crippen molar-refractivity contribution in [3.63, 3.8) is 0 Å². The number of benzene rings is 3. The number of hydrogen-bond acceptors (Lipinski definition) is 8. The fourth-order valence-corrected chi connectivity index (χ4v) is 4.03. The number of aromatic nitrogens is 1. The lowest BCUT2D eigenvalue weighted by atomic mass is 9.90. The van der Waals surface area contributed by atoms with E-state index in [-0.39, 0.29) is 16.6 Å². The van der Waals surface area contributed by atoms with Crippen LogP contribution in [0.15, 0.2) is 75.9 Å². The fourth-order valence-electron chi connectivity index (χ4n) is 4.03. The largest absolute Gasteiger partial charge is 0.493 e. The Kier molecular flexibility index (Phi) is 6.90. The fraction of sp³-hybridized carbons (Fsp3) is 0.310. The van der Waals surface area contributed by atoms with Gasteiger partial charge in [-0.15, -0.1) is 0 Å². The smallest absolute Gasteiger partial charge is 0.486 e. The van der Waals surface area contributed by atoms with Gasteiger partial charge >= 0.3 is 7.12 Å². The van der Waals surface area contributed by atoms with E-state index >= 15 is 0 Å². The number of hydrogen-bond donors (Lipinski definition) is 0. The van der Waals surface area contributed by atoms with Crippen molar-refractivity contribution in [2.75, 3.05) is 13.7 Å². The van der Waals surface area contributed by atoms with E-state index in [2.05, 4.69) is 4.98 Å². The summed E-state index contributed by atoms with van der Waals surface area (Å²) in [6.45, 7) is 8.74. The van der Waals surface area contributed by atoms with Crippen LogP contribution in [0.3, 0.4) is 0 Å². The van der Waals surface area contributed by atoms with Gasteiger partial charge in [0.2, 0.25) is 0 Å². The quantitative estimate of drug-likeness (QED) is 0.226. The summed E-state index contributed by atoms with van der Waals surface area (Å²) in [6, 6.07) is 15.6. The molecule has 0 spiro atoms. The second kappa shape index (κ2) is 10.2. The summed E-state index contributed by atoms with van der Waals surface area (Å²) in [5.74, 6) is 4.14. The molecule has 0 unspecified atom stereocenters. The van der Waals surface area contributed by atoms with Crippen LogP contribution in [0.5, 0.6) is 17.2 Å². The molecule has 1 fully saturated rings. The molecule has 1 aliphatic carbocycles. The predicted molar refractivity (Wildman–Crippen MR) is 145 cm³/mol. The molecule has 0 amide bonds. The molecule has 0 N–H and O–H groups in total. The minimum absolute atomic E-state index is 0.128. The molecule has 5 rings (SSSR count). The summed E-state index contributed by atoms with van der Waals surface area (Å²) >= 11 is 0. The van der Waals surface area contributed by atoms with Crippen molar-refractivity contribution >= 4 is 18.2 Å². The van der Waals surface area contributed by atoms with Gasteiger partial charge < -0.3 is 27.9 Å². The van der Waals surface area contributed by atoms with E-state index in [9.17, 15) is 4.79 Å². The lowest BCUT2D eigenvalue weighted by molar-refractivity contribution is 0.00578. The Balaban J connectivity index is 1.21. The monoisotopic (exact) mass is 515 g/mol. The minimum Gasteiger partial charge on any atom is -0.493 e. The van der Waals surface area contributed by atoms with Gasteiger partial charge in [0.1, 0.15) is 30.2 Å². The maximum atomic E-state index is 11.6. The predicted octanol–water partition coefficient (Wildman–Crippen LogP) is 5.45. The maximum absolute atomic E-state index is 11.6. The molecule has 196 valence electrons. The molecule has 0 atom stereocenters. The van der Waals surface area contributed by atoms with E-state index in [1.54, 1.807) is 19.2 Å². The summed E-state index contributed by atoms with van der Waals surface area (Å²) in [5, 5.41) is 0. The summed E-state index contributed by atoms with van der Waals surface area (Å²) < 4.78 is 35.2. The van der Waals surface area contributed by atoms with Gasteiger partial charge in [-0.05, 0) is 69.7 Å². The van der Waals surface area contributed by atoms with Crippen molar-refractivity contribution in [1.82, 2.24) is 4.98 Å². The number of methoxy groups -OCH3 is 1. The molecule has 0 radical (unpaired) electrons. The molecule has 0 bridgehead atoms. The van der Waals surface area contributed by atoms with Crippen molar-refractivity contribution in [2.45, 2.75) is 45.5 Å². The Morgan fingerprint density at radius 2 is 1.71 bits per heavy atom. The molecule has 2 aromatic carbocycles. The van der Waals surface area contributed by atoms with E-state index < -0.39 is 7.12 Å². The molecule has 1 saturated heterocycles. The zero-order chi connectivity index (χ0) is 26.9. The van der Waals surface area contributed by atoms with Gasteiger partial charge in [0.15, 0.2) is 28.3 Å². The van der Waals surface area contributed by atoms with Crippen LogP contribution in [0.25, 0.3) is 22.6 Å². The highest BCUT2D eigenvalue weighted by Gasteiger charge is 2.49. The molecule has 2 aliphatic heterocycles. The molecule has 0 aromatic heterocycles. The molecule has 2 heterocycles. The average molecular weight is 515 g/mol. The van der Waals surface area contributed by atoms with Gasteiger partial charge in [-0.2, -0.15) is 0 Å². The van der Waals surface area contributed by atoms with E-state index in [4.69, 9.17) is 27.9 Å². The highest BCUT2D eigenvalue weighted by Crippen LogP contribution is 2.37. The van der Waals surface area contributed by atoms with Crippen LogP contribution in [0, 0.1) is 0 Å². The first-order chi connectivity index (χ1) is 18.1. The van der Waals surface area contributed by atoms with Gasteiger partial charge in [-0.3, -0.25) is 4.79 Å². The van der Waals surface area contributed by atoms with Gasteiger partial charge in [0, 0.05) is 12.1 Å². The lowest BCUT2D eigenvalue weighted by Crippen LogP contribution is -2.41. The van der Waals surface area contributed by atoms with E-state index in [1.807, 2.05) is 70.1 Å². The standard InChI is InChI=1S/C29H30BNO7/c1-28(2)29(3,4)38-30(37-28)13-6-14-34-24-12-7-19(15-27(24)33-5)18-35-21-9-11-23-26(17-21)36-25-16-20(32)8-10-22(25)31-23/h6-13,15-17H,14,18H2,1-5H3. The molecular weight excluding hydrogens is 485 g/mol. The van der Waals surface area contributed by atoms with E-state index in [1.165, 1.54) is 12.1 Å². The second-order valence-electron chi connectivity index (χ2n) is 10.1. The molecule has 2 aromatic rings. The zero-order valence-corrected chi connectivity index (χ0v) is 22.1. The van der Waals surface area contributed by atoms with Crippen molar-refractivity contribution < 1.29 is 27.9 Å². The van der Waals surface area contributed by atoms with Crippen LogP contribution in [-0.4, -0.2) is 37.0 Å². The molecular formula is C29H30BNO7. The second-order valence-corrected chi connectivity index (χ2v) is 10.1. The first kappa shape index (κ1) is 25.8. The highest BCUT2D eigenvalue weighted by molar-refractivity contribution is 6.51. The maximum Gasteiger partial charge on any atom is 0.486 e. The Morgan fingerprint density at radius 1 is 0.921 bits per heavy atom. The third-order valence-electron chi connectivity index (χ3n) is 6.86. The van der Waals surface area contributed by atoms with Gasteiger partial charge in [0.25, 0.3) is 0 Å². The highest BCUT2D eigenvalue weighted by atomic mass is 16.7. The van der Waals surface area contributed by atoms with Gasteiger partial charge in [0.05, 0.1) is 18.3 Å². The average Bonchev–Trinajstić information content (AvgIpc) is 3.09. The summed E-state index contributed by atoms with van der Waals surface area (Å²) in [4.78, 5) is 16.2. The van der Waals surface area contributed by atoms with Crippen LogP contribution in [0.2, 0.25) is 0 Å². The lowest BCUT2D eigenvalue weighted by Gasteiger charge is -2.32. The third-order valence-corrected chi connectivity index (χ3v) is 6.86. The Hall–Kier alpha value is -3.82. The van der Waals surface area contributed by atoms with Crippen molar-refractivity contribution in [2.24, 2.45) is 0 Å². The topological polar surface area (TPSA) is 89.3 Å². The molecule has 0 saturated carbocycles. The number of nitrogens with zero attached hydrogens (tertiary/aromatic N) is 1. The molecule has 8 nitrogen and oxygen atoms in total. The van der Waals surface area contributed by atoms with Gasteiger partial charge in [-0.25, -0.2) is 4.98 Å². The Morgan fingerprint density at radius 3 is 2.47 bits per heavy atom. The summed E-state index contributed by atoms with van der Waals surface area (Å²) in [6.07, 6.45) is 1.87. The summed E-state index contributed by atoms with van der Waals surface area (Å²) in [7, 11) is 1.19. The van der Waals surface area contributed by atoms with Crippen molar-refractivity contribution in [3.8, 4) is 28.7 Å². The number of fused-ring (bicyclic) bond motifs is 2. The van der Waals surface area contributed by atoms with Crippen LogP contribution >= 0.6 is 0 Å². The van der Waals surface area contributed by atoms with Gasteiger partial charge in [-0.1, -0.05) is 18.1 Å². The van der Waals surface area contributed by atoms with Crippen LogP contribution in [0.4, 0.5) is 0 Å². The Labute approximate surface area is 221 Å². The van der Waals surface area contributed by atoms with Crippen LogP contribution < -0.4 is 19.6 Å². The minimum atomic E-state index is -0.411. The number of ether oxygens (including phenoxy) is 3. The third kappa shape index (κ3) is 5.39. The molecule has 9 heteroatoms. The Bertz CT molecular complexity index is 1490. The summed E-state index contributed by atoms with van der Waals surface area (Å²) in [5.41, 5.74) is 1.87. The SMILES string of the molecule is COc1cc(COc2ccc3nc4ccc(=O)cc-4oc3c2)ccc1OCC=CB1OC(C)(C)C(C)(C)O1. The number of rotatable bonds is 8. The van der Waals surface area contributed by atoms with Crippen molar-refractivity contribution in [3.05, 3.63) is 82.4 Å². The van der Waals surface area contributed by atoms with E-state index in [0.717, 1.165) is 5.56 Å². The zero-order valence-electron chi connectivity index (χ0n) is 22.1.